The molecule has 1 aromatic heterocycles. The normalized spacial score (nSPS) is 15.9. The van der Waals surface area contributed by atoms with Crippen LogP contribution in [0.1, 0.15) is 29.3 Å². The second-order valence-corrected chi connectivity index (χ2v) is 8.68. The Bertz CT molecular complexity index is 1090. The molecule has 3 aromatic rings. The van der Waals surface area contributed by atoms with Crippen molar-refractivity contribution < 1.29 is 14.0 Å². The van der Waals surface area contributed by atoms with E-state index in [0.717, 1.165) is 11.1 Å². The van der Waals surface area contributed by atoms with Gasteiger partial charge in [0.1, 0.15) is 5.82 Å². The molecule has 1 N–H and O–H groups in total. The lowest BCUT2D eigenvalue weighted by Crippen LogP contribution is -2.38. The number of hydrogen-bond donors (Lipinski definition) is 1. The zero-order valence-corrected chi connectivity index (χ0v) is 18.5. The van der Waals surface area contributed by atoms with Gasteiger partial charge < -0.3 is 14.8 Å². The number of thioether (sulfide) groups is 1. The minimum absolute atomic E-state index is 0.00728. The SMILES string of the molecule is Cn1c(CNC(=O)CN2C[C@@H](c3ccccc3)CC2=O)nnc1SCc1ccc(F)cc1. The number of carbonyl (C=O) groups is 2. The molecule has 0 aliphatic carbocycles. The summed E-state index contributed by atoms with van der Waals surface area (Å²) in [6.07, 6.45) is 0.426. The van der Waals surface area contributed by atoms with Crippen molar-refractivity contribution >= 4 is 23.6 Å². The summed E-state index contributed by atoms with van der Waals surface area (Å²) in [6, 6.07) is 16.2. The van der Waals surface area contributed by atoms with E-state index in [1.54, 1.807) is 17.0 Å². The predicted octanol–water partition coefficient (Wildman–Crippen LogP) is 2.88. The molecule has 7 nitrogen and oxygen atoms in total. The highest BCUT2D eigenvalue weighted by Crippen LogP contribution is 2.27. The van der Waals surface area contributed by atoms with E-state index in [0.29, 0.717) is 29.7 Å². The maximum Gasteiger partial charge on any atom is 0.240 e. The molecule has 32 heavy (non-hydrogen) atoms. The van der Waals surface area contributed by atoms with Crippen LogP contribution in [0.2, 0.25) is 0 Å². The number of rotatable bonds is 8. The molecule has 9 heteroatoms. The number of nitrogens with zero attached hydrogens (tertiary/aromatic N) is 4. The van der Waals surface area contributed by atoms with Crippen molar-refractivity contribution in [1.29, 1.82) is 0 Å². The minimum atomic E-state index is -0.262. The van der Waals surface area contributed by atoms with E-state index < -0.39 is 0 Å². The molecular weight excluding hydrogens is 429 g/mol. The molecule has 2 aromatic carbocycles. The zero-order valence-electron chi connectivity index (χ0n) is 17.7. The molecule has 2 heterocycles. The lowest BCUT2D eigenvalue weighted by atomic mass is 9.99. The fourth-order valence-electron chi connectivity index (χ4n) is 3.63. The largest absolute Gasteiger partial charge is 0.347 e. The third-order valence-corrected chi connectivity index (χ3v) is 6.56. The van der Waals surface area contributed by atoms with Crippen LogP contribution in [0.3, 0.4) is 0 Å². The quantitative estimate of drug-likeness (QED) is 0.531. The standard InChI is InChI=1S/C23H24FN5O2S/c1-28-20(26-27-23(28)32-15-16-7-9-19(24)10-8-16)12-25-21(30)14-29-13-18(11-22(29)31)17-5-3-2-4-6-17/h2-10,18H,11-15H2,1H3,(H,25,30)/t18-/m0/s1. The Kier molecular flexibility index (Phi) is 6.84. The Morgan fingerprint density at radius 3 is 2.66 bits per heavy atom. The van der Waals surface area contributed by atoms with E-state index in [1.165, 1.54) is 23.9 Å². The van der Waals surface area contributed by atoms with Crippen molar-refractivity contribution in [3.05, 3.63) is 77.4 Å². The average Bonchev–Trinajstić information content (AvgIpc) is 3.34. The molecular formula is C23H24FN5O2S. The second kappa shape index (κ2) is 9.95. The van der Waals surface area contributed by atoms with Crippen LogP contribution in [-0.2, 0) is 28.9 Å². The van der Waals surface area contributed by atoms with Crippen LogP contribution in [0.25, 0.3) is 0 Å². The Labute approximate surface area is 190 Å². The van der Waals surface area contributed by atoms with Crippen molar-refractivity contribution in [2.24, 2.45) is 7.05 Å². The topological polar surface area (TPSA) is 80.1 Å². The van der Waals surface area contributed by atoms with Crippen molar-refractivity contribution in [2.45, 2.75) is 29.8 Å². The fourth-order valence-corrected chi connectivity index (χ4v) is 4.52. The third kappa shape index (κ3) is 5.34. The second-order valence-electron chi connectivity index (χ2n) is 7.74. The highest BCUT2D eigenvalue weighted by molar-refractivity contribution is 7.98. The van der Waals surface area contributed by atoms with Crippen LogP contribution in [0, 0.1) is 5.82 Å². The van der Waals surface area contributed by atoms with Crippen molar-refractivity contribution in [2.75, 3.05) is 13.1 Å². The van der Waals surface area contributed by atoms with Crippen LogP contribution in [0.15, 0.2) is 59.8 Å². The maximum atomic E-state index is 13.0. The van der Waals surface area contributed by atoms with E-state index in [-0.39, 0.29) is 36.6 Å². The van der Waals surface area contributed by atoms with Crippen LogP contribution >= 0.6 is 11.8 Å². The molecule has 4 rings (SSSR count). The summed E-state index contributed by atoms with van der Waals surface area (Å²) in [7, 11) is 1.84. The van der Waals surface area contributed by atoms with E-state index in [4.69, 9.17) is 0 Å². The number of amides is 2. The zero-order chi connectivity index (χ0) is 22.5. The molecule has 0 radical (unpaired) electrons. The van der Waals surface area contributed by atoms with Gasteiger partial charge in [-0.05, 0) is 23.3 Å². The van der Waals surface area contributed by atoms with Gasteiger partial charge in [0.15, 0.2) is 11.0 Å². The summed E-state index contributed by atoms with van der Waals surface area (Å²) in [6.45, 7) is 0.806. The number of benzene rings is 2. The van der Waals surface area contributed by atoms with Crippen LogP contribution in [0.5, 0.6) is 0 Å². The number of carbonyl (C=O) groups excluding carboxylic acids is 2. The first kappa shape index (κ1) is 22.0. The van der Waals surface area contributed by atoms with Gasteiger partial charge in [-0.3, -0.25) is 9.59 Å². The molecule has 1 saturated heterocycles. The Hall–Kier alpha value is -3.20. The summed E-state index contributed by atoms with van der Waals surface area (Å²) in [5.41, 5.74) is 2.10. The van der Waals surface area contributed by atoms with E-state index in [9.17, 15) is 14.0 Å². The van der Waals surface area contributed by atoms with Gasteiger partial charge in [0.05, 0.1) is 13.1 Å². The van der Waals surface area contributed by atoms with Gasteiger partial charge in [-0.15, -0.1) is 10.2 Å². The Morgan fingerprint density at radius 2 is 1.91 bits per heavy atom. The number of likely N-dealkylation sites (tertiary alicyclic amines) is 1. The smallest absolute Gasteiger partial charge is 0.240 e. The van der Waals surface area contributed by atoms with Gasteiger partial charge in [0, 0.05) is 31.7 Å². The van der Waals surface area contributed by atoms with Crippen LogP contribution < -0.4 is 5.32 Å². The monoisotopic (exact) mass is 453 g/mol. The van der Waals surface area contributed by atoms with Gasteiger partial charge in [-0.2, -0.15) is 0 Å². The molecule has 166 valence electrons. The van der Waals surface area contributed by atoms with Gasteiger partial charge in [-0.25, -0.2) is 4.39 Å². The third-order valence-electron chi connectivity index (χ3n) is 5.47. The predicted molar refractivity (Wildman–Crippen MR) is 119 cm³/mol. The number of nitrogens with one attached hydrogen (secondary N) is 1. The lowest BCUT2D eigenvalue weighted by Gasteiger charge is -2.16. The van der Waals surface area contributed by atoms with Gasteiger partial charge in [0.25, 0.3) is 0 Å². The van der Waals surface area contributed by atoms with Crippen molar-refractivity contribution in [3.8, 4) is 0 Å². The highest BCUT2D eigenvalue weighted by Gasteiger charge is 2.31. The summed E-state index contributed by atoms with van der Waals surface area (Å²) >= 11 is 1.49. The van der Waals surface area contributed by atoms with Crippen molar-refractivity contribution in [1.82, 2.24) is 25.0 Å². The molecule has 1 aliphatic heterocycles. The van der Waals surface area contributed by atoms with Crippen LogP contribution in [0.4, 0.5) is 4.39 Å². The maximum absolute atomic E-state index is 13.0. The summed E-state index contributed by atoms with van der Waals surface area (Å²) in [5, 5.41) is 11.9. The highest BCUT2D eigenvalue weighted by atomic mass is 32.2. The minimum Gasteiger partial charge on any atom is -0.347 e. The Balaban J connectivity index is 1.26. The molecule has 0 spiro atoms. The van der Waals surface area contributed by atoms with E-state index in [1.807, 2.05) is 41.9 Å². The number of halogens is 1. The van der Waals surface area contributed by atoms with Gasteiger partial charge >= 0.3 is 0 Å². The number of aromatic nitrogens is 3. The van der Waals surface area contributed by atoms with Gasteiger partial charge in [-0.1, -0.05) is 54.2 Å². The molecule has 2 amide bonds. The molecule has 0 bridgehead atoms. The summed E-state index contributed by atoms with van der Waals surface area (Å²) in [5.74, 6) is 0.883. The van der Waals surface area contributed by atoms with Crippen molar-refractivity contribution in [3.63, 3.8) is 0 Å². The Morgan fingerprint density at radius 1 is 1.16 bits per heavy atom. The molecule has 1 atom stereocenters. The average molecular weight is 454 g/mol. The van der Waals surface area contributed by atoms with Crippen LogP contribution in [-0.4, -0.2) is 44.6 Å². The number of hydrogen-bond acceptors (Lipinski definition) is 5. The van der Waals surface area contributed by atoms with Gasteiger partial charge in [0.2, 0.25) is 11.8 Å². The van der Waals surface area contributed by atoms with E-state index in [2.05, 4.69) is 15.5 Å². The fraction of sp³-hybridized carbons (Fsp3) is 0.304. The summed E-state index contributed by atoms with van der Waals surface area (Å²) in [4.78, 5) is 26.4. The van der Waals surface area contributed by atoms with E-state index >= 15 is 0 Å². The summed E-state index contributed by atoms with van der Waals surface area (Å²) < 4.78 is 14.8. The molecule has 1 fully saturated rings. The molecule has 0 saturated carbocycles. The lowest BCUT2D eigenvalue weighted by molar-refractivity contribution is -0.133. The molecule has 1 aliphatic rings. The first-order chi connectivity index (χ1) is 15.5. The first-order valence-electron chi connectivity index (χ1n) is 10.3. The first-order valence-corrected chi connectivity index (χ1v) is 11.3. The molecule has 0 unspecified atom stereocenters.